The molecule has 5 rings (SSSR count). The number of anilines is 5. The van der Waals surface area contributed by atoms with E-state index in [-0.39, 0.29) is 30.9 Å². The molecule has 2 aliphatic rings. The second-order valence-electron chi connectivity index (χ2n) is 11.7. The number of alkyl halides is 3. The number of benzene rings is 2. The molecule has 240 valence electrons. The summed E-state index contributed by atoms with van der Waals surface area (Å²) in [5.74, 6) is -0.145. The van der Waals surface area contributed by atoms with Gasteiger partial charge in [0.15, 0.2) is 0 Å². The summed E-state index contributed by atoms with van der Waals surface area (Å²) in [6.45, 7) is 9.86. The van der Waals surface area contributed by atoms with Crippen molar-refractivity contribution in [3.63, 3.8) is 0 Å². The van der Waals surface area contributed by atoms with Gasteiger partial charge in [-0.05, 0) is 57.0 Å². The Morgan fingerprint density at radius 3 is 2.53 bits per heavy atom. The molecule has 3 heterocycles. The molecule has 0 aliphatic carbocycles. The fourth-order valence-electron chi connectivity index (χ4n) is 5.12. The maximum absolute atomic E-state index is 13.9. The van der Waals surface area contributed by atoms with Gasteiger partial charge in [-0.2, -0.15) is 18.2 Å². The fourth-order valence-corrected chi connectivity index (χ4v) is 5.12. The molecule has 0 bridgehead atoms. The van der Waals surface area contributed by atoms with Crippen molar-refractivity contribution in [2.24, 2.45) is 0 Å². The molecule has 1 aromatic heterocycles. The predicted octanol–water partition coefficient (Wildman–Crippen LogP) is 5.80. The lowest BCUT2D eigenvalue weighted by Crippen LogP contribution is -2.50. The van der Waals surface area contributed by atoms with Gasteiger partial charge in [-0.25, -0.2) is 9.78 Å². The molecular weight excluding hydrogens is 591 g/mol. The lowest BCUT2D eigenvalue weighted by atomic mass is 10.0. The number of carbonyl (C=O) groups is 2. The first-order chi connectivity index (χ1) is 21.3. The lowest BCUT2D eigenvalue weighted by molar-refractivity contribution is -0.137. The van der Waals surface area contributed by atoms with E-state index in [1.54, 1.807) is 29.2 Å². The highest BCUT2D eigenvalue weighted by Gasteiger charge is 2.35. The lowest BCUT2D eigenvalue weighted by Gasteiger charge is -2.37. The Labute approximate surface area is 259 Å². The van der Waals surface area contributed by atoms with Crippen LogP contribution in [-0.4, -0.2) is 65.3 Å². The molecule has 45 heavy (non-hydrogen) atoms. The molecular formula is C31H36F3N7O4. The van der Waals surface area contributed by atoms with Crippen LogP contribution in [0.15, 0.2) is 42.6 Å². The van der Waals surface area contributed by atoms with Crippen LogP contribution >= 0.6 is 0 Å². The molecule has 3 aromatic rings. The highest BCUT2D eigenvalue weighted by molar-refractivity contribution is 5.99. The van der Waals surface area contributed by atoms with Crippen LogP contribution < -0.4 is 25.6 Å². The Morgan fingerprint density at radius 2 is 1.84 bits per heavy atom. The van der Waals surface area contributed by atoms with E-state index in [2.05, 4.69) is 30.8 Å². The van der Waals surface area contributed by atoms with Crippen LogP contribution in [0, 0.1) is 0 Å². The van der Waals surface area contributed by atoms with E-state index in [0.717, 1.165) is 17.4 Å². The first-order valence-electron chi connectivity index (χ1n) is 14.7. The Balaban J connectivity index is 1.32. The SMILES string of the molecule is CCOc1cc(N2CCN(C(=O)OC(C)(C)C)CC2)ccc1Nc1ncc(C(F)(F)F)c(NCc2cccc3c2CC(=O)N3)n1. The smallest absolute Gasteiger partial charge is 0.421 e. The normalized spacial score (nSPS) is 15.0. The van der Waals surface area contributed by atoms with Crippen LogP contribution in [0.25, 0.3) is 0 Å². The van der Waals surface area contributed by atoms with Crippen LogP contribution in [0.4, 0.5) is 46.8 Å². The van der Waals surface area contributed by atoms with Crippen molar-refractivity contribution < 1.29 is 32.2 Å². The maximum atomic E-state index is 13.9. The third-order valence-corrected chi connectivity index (χ3v) is 7.23. The first kappa shape index (κ1) is 31.7. The number of hydrogen-bond acceptors (Lipinski definition) is 9. The summed E-state index contributed by atoms with van der Waals surface area (Å²) in [5, 5.41) is 8.54. The number of ether oxygens (including phenoxy) is 2. The van der Waals surface area contributed by atoms with Crippen LogP contribution in [0.2, 0.25) is 0 Å². The second kappa shape index (κ2) is 12.7. The number of halogens is 3. The van der Waals surface area contributed by atoms with Gasteiger partial charge in [0.2, 0.25) is 11.9 Å². The molecule has 0 atom stereocenters. The molecule has 0 radical (unpaired) electrons. The van der Waals surface area contributed by atoms with Crippen molar-refractivity contribution in [3.8, 4) is 5.75 Å². The molecule has 0 spiro atoms. The first-order valence-corrected chi connectivity index (χ1v) is 14.7. The van der Waals surface area contributed by atoms with Crippen molar-refractivity contribution in [2.45, 2.75) is 52.4 Å². The number of nitrogens with zero attached hydrogens (tertiary/aromatic N) is 4. The van der Waals surface area contributed by atoms with E-state index < -0.39 is 23.2 Å². The number of hydrogen-bond donors (Lipinski definition) is 3. The molecule has 1 fully saturated rings. The minimum atomic E-state index is -4.69. The summed E-state index contributed by atoms with van der Waals surface area (Å²) in [7, 11) is 0. The van der Waals surface area contributed by atoms with Crippen molar-refractivity contribution in [1.29, 1.82) is 0 Å². The monoisotopic (exact) mass is 627 g/mol. The highest BCUT2D eigenvalue weighted by Crippen LogP contribution is 2.36. The van der Waals surface area contributed by atoms with Crippen LogP contribution in [0.5, 0.6) is 5.75 Å². The van der Waals surface area contributed by atoms with E-state index in [1.165, 1.54) is 0 Å². The number of amides is 2. The minimum absolute atomic E-state index is 0.0255. The Hall–Kier alpha value is -4.75. The number of aromatic nitrogens is 2. The van der Waals surface area contributed by atoms with E-state index >= 15 is 0 Å². The average Bonchev–Trinajstić information content (AvgIpc) is 3.36. The van der Waals surface area contributed by atoms with Crippen LogP contribution in [0.1, 0.15) is 44.4 Å². The van der Waals surface area contributed by atoms with Gasteiger partial charge in [0.25, 0.3) is 0 Å². The summed E-state index contributed by atoms with van der Waals surface area (Å²) in [4.78, 5) is 36.2. The van der Waals surface area contributed by atoms with Gasteiger partial charge in [-0.1, -0.05) is 12.1 Å². The summed E-state index contributed by atoms with van der Waals surface area (Å²) in [6.07, 6.45) is -4.15. The topological polar surface area (TPSA) is 121 Å². The number of rotatable bonds is 8. The van der Waals surface area contributed by atoms with E-state index in [4.69, 9.17) is 9.47 Å². The van der Waals surface area contributed by atoms with Crippen molar-refractivity contribution in [2.75, 3.05) is 53.6 Å². The molecule has 1 saturated heterocycles. The zero-order valence-corrected chi connectivity index (χ0v) is 25.5. The highest BCUT2D eigenvalue weighted by atomic mass is 19.4. The zero-order valence-electron chi connectivity index (χ0n) is 25.5. The second-order valence-corrected chi connectivity index (χ2v) is 11.7. The third kappa shape index (κ3) is 7.67. The average molecular weight is 628 g/mol. The fraction of sp³-hybridized carbons (Fsp3) is 0.419. The number of carbonyl (C=O) groups excluding carboxylic acids is 2. The standard InChI is InChI=1S/C31H36F3N7O4/c1-5-44-25-15-20(40-11-13-41(14-12-40)29(43)45-30(2,3)4)9-10-24(25)38-28-36-18-22(31(32,33)34)27(39-28)35-17-19-7-6-8-23-21(19)16-26(42)37-23/h6-10,15,18H,5,11-14,16-17H2,1-4H3,(H,37,42)(H2,35,36,38,39). The Morgan fingerprint density at radius 1 is 1.09 bits per heavy atom. The van der Waals surface area contributed by atoms with E-state index in [0.29, 0.717) is 55.5 Å². The quantitative estimate of drug-likeness (QED) is 0.285. The van der Waals surface area contributed by atoms with E-state index in [1.807, 2.05) is 39.8 Å². The third-order valence-electron chi connectivity index (χ3n) is 7.23. The van der Waals surface area contributed by atoms with Gasteiger partial charge in [0.05, 0.1) is 18.7 Å². The number of piperazine rings is 1. The van der Waals surface area contributed by atoms with Crippen molar-refractivity contribution in [3.05, 3.63) is 59.3 Å². The zero-order chi connectivity index (χ0) is 32.4. The Bertz CT molecular complexity index is 1570. The van der Waals surface area contributed by atoms with E-state index in [9.17, 15) is 22.8 Å². The molecule has 11 nitrogen and oxygen atoms in total. The van der Waals surface area contributed by atoms with Crippen molar-refractivity contribution in [1.82, 2.24) is 14.9 Å². The summed E-state index contributed by atoms with van der Waals surface area (Å²) >= 11 is 0. The van der Waals surface area contributed by atoms with Gasteiger partial charge in [-0.3, -0.25) is 4.79 Å². The van der Waals surface area contributed by atoms with Gasteiger partial charge < -0.3 is 35.2 Å². The Kier molecular flexibility index (Phi) is 8.94. The summed E-state index contributed by atoms with van der Waals surface area (Å²) in [6, 6.07) is 10.7. The molecule has 2 aromatic carbocycles. The van der Waals surface area contributed by atoms with Gasteiger partial charge in [-0.15, -0.1) is 0 Å². The molecule has 2 aliphatic heterocycles. The number of nitrogens with one attached hydrogen (secondary N) is 3. The van der Waals surface area contributed by atoms with Crippen molar-refractivity contribution >= 4 is 40.8 Å². The van der Waals surface area contributed by atoms with Crippen LogP contribution in [0.3, 0.4) is 0 Å². The number of fused-ring (bicyclic) bond motifs is 1. The summed E-state index contributed by atoms with van der Waals surface area (Å²) in [5.41, 5.74) is 1.84. The van der Waals surface area contributed by atoms with Crippen LogP contribution in [-0.2, 0) is 28.7 Å². The van der Waals surface area contributed by atoms with Gasteiger partial charge in [0.1, 0.15) is 22.7 Å². The predicted molar refractivity (Wildman–Crippen MR) is 164 cm³/mol. The molecule has 3 N–H and O–H groups in total. The molecule has 2 amide bonds. The van der Waals surface area contributed by atoms with Gasteiger partial charge >= 0.3 is 12.3 Å². The molecule has 0 unspecified atom stereocenters. The minimum Gasteiger partial charge on any atom is -0.492 e. The maximum Gasteiger partial charge on any atom is 0.421 e. The largest absolute Gasteiger partial charge is 0.492 e. The molecule has 14 heteroatoms. The summed E-state index contributed by atoms with van der Waals surface area (Å²) < 4.78 is 53.0. The molecule has 0 saturated carbocycles. The van der Waals surface area contributed by atoms with Gasteiger partial charge in [0, 0.05) is 56.4 Å².